The third-order valence-electron chi connectivity index (χ3n) is 4.51. The van der Waals surface area contributed by atoms with Gasteiger partial charge in [0.15, 0.2) is 0 Å². The molecule has 3 heterocycles. The monoisotopic (exact) mass is 422 g/mol. The number of carbonyl (C=O) groups is 2. The highest BCUT2D eigenvalue weighted by Gasteiger charge is 2.22. The molecule has 0 fully saturated rings. The molecule has 4 aromatic rings. The number of pyridine rings is 1. The molecule has 146 valence electrons. The number of thiophene rings is 2. The van der Waals surface area contributed by atoms with Crippen LogP contribution in [0.4, 0.5) is 10.7 Å². The molecular weight excluding hydrogens is 404 g/mol. The minimum Gasteiger partial charge on any atom is -0.397 e. The molecule has 0 aliphatic rings. The minimum absolute atomic E-state index is 0.270. The number of anilines is 2. The summed E-state index contributed by atoms with van der Waals surface area (Å²) in [5.41, 5.74) is 15.2. The zero-order valence-corrected chi connectivity index (χ0v) is 17.4. The quantitative estimate of drug-likeness (QED) is 0.447. The summed E-state index contributed by atoms with van der Waals surface area (Å²) < 4.78 is 0. The number of benzene rings is 1. The maximum Gasteiger partial charge on any atom is 0.268 e. The Labute approximate surface area is 175 Å². The number of nitrogens with one attached hydrogen (secondary N) is 1. The summed E-state index contributed by atoms with van der Waals surface area (Å²) in [6.45, 7) is 3.84. The predicted molar refractivity (Wildman–Crippen MR) is 120 cm³/mol. The summed E-state index contributed by atoms with van der Waals surface area (Å²) in [6, 6.07) is 13.2. The van der Waals surface area contributed by atoms with Gasteiger partial charge in [0.2, 0.25) is 0 Å². The molecule has 0 bridgehead atoms. The van der Waals surface area contributed by atoms with Gasteiger partial charge in [-0.25, -0.2) is 4.98 Å². The van der Waals surface area contributed by atoms with Crippen LogP contribution in [0, 0.1) is 13.8 Å². The molecule has 1 aromatic carbocycles. The third kappa shape index (κ3) is 3.48. The van der Waals surface area contributed by atoms with E-state index >= 15 is 0 Å². The average molecular weight is 423 g/mol. The van der Waals surface area contributed by atoms with Gasteiger partial charge in [-0.15, -0.1) is 22.7 Å². The number of aromatic nitrogens is 1. The van der Waals surface area contributed by atoms with E-state index < -0.39 is 5.91 Å². The normalized spacial score (nSPS) is 11.0. The van der Waals surface area contributed by atoms with Gasteiger partial charge in [0.05, 0.1) is 11.3 Å². The van der Waals surface area contributed by atoms with Crippen molar-refractivity contribution >= 4 is 55.4 Å². The zero-order chi connectivity index (χ0) is 20.7. The van der Waals surface area contributed by atoms with Crippen LogP contribution in [0.1, 0.15) is 31.3 Å². The lowest BCUT2D eigenvalue weighted by Crippen LogP contribution is -2.16. The van der Waals surface area contributed by atoms with Gasteiger partial charge in [0.1, 0.15) is 14.7 Å². The number of amides is 2. The van der Waals surface area contributed by atoms with Crippen molar-refractivity contribution < 1.29 is 9.59 Å². The van der Waals surface area contributed by atoms with Gasteiger partial charge < -0.3 is 16.8 Å². The Hall–Kier alpha value is -3.23. The van der Waals surface area contributed by atoms with Crippen LogP contribution in [0.5, 0.6) is 0 Å². The molecule has 0 aliphatic carbocycles. The standard InChI is InChI=1S/C21H18N4O2S2/c1-10-8-11(2)24-21-15(10)16(22)17(29-21)19(27)25-20-13(18(23)26)9-14(28-20)12-6-4-3-5-7-12/h3-9H,22H2,1-2H3,(H2,23,26)(H,25,27). The van der Waals surface area contributed by atoms with Gasteiger partial charge >= 0.3 is 0 Å². The van der Waals surface area contributed by atoms with Crippen molar-refractivity contribution in [1.29, 1.82) is 0 Å². The number of aryl methyl sites for hydroxylation is 2. The molecule has 6 nitrogen and oxygen atoms in total. The Morgan fingerprint density at radius 1 is 1.07 bits per heavy atom. The van der Waals surface area contributed by atoms with E-state index in [0.29, 0.717) is 15.6 Å². The number of primary amides is 1. The highest BCUT2D eigenvalue weighted by atomic mass is 32.1. The average Bonchev–Trinajstić information content (AvgIpc) is 3.24. The number of hydrogen-bond donors (Lipinski definition) is 3. The van der Waals surface area contributed by atoms with E-state index in [1.165, 1.54) is 22.7 Å². The molecule has 0 radical (unpaired) electrons. The van der Waals surface area contributed by atoms with E-state index in [1.54, 1.807) is 6.07 Å². The number of nitrogens with zero attached hydrogens (tertiary/aromatic N) is 1. The SMILES string of the molecule is Cc1cc(C)c2c(N)c(C(=O)Nc3sc(-c4ccccc4)cc3C(N)=O)sc2n1. The first-order chi connectivity index (χ1) is 13.8. The molecule has 0 spiro atoms. The fourth-order valence-electron chi connectivity index (χ4n) is 3.21. The van der Waals surface area contributed by atoms with E-state index in [2.05, 4.69) is 10.3 Å². The van der Waals surface area contributed by atoms with Crippen LogP contribution in [-0.4, -0.2) is 16.8 Å². The van der Waals surface area contributed by atoms with E-state index in [1.807, 2.05) is 50.2 Å². The molecule has 5 N–H and O–H groups in total. The second-order valence-electron chi connectivity index (χ2n) is 6.64. The Morgan fingerprint density at radius 3 is 2.48 bits per heavy atom. The van der Waals surface area contributed by atoms with Crippen LogP contribution in [0.3, 0.4) is 0 Å². The second kappa shape index (κ2) is 7.31. The lowest BCUT2D eigenvalue weighted by molar-refractivity contribution is 0.100. The van der Waals surface area contributed by atoms with Crippen LogP contribution < -0.4 is 16.8 Å². The Morgan fingerprint density at radius 2 is 1.79 bits per heavy atom. The first-order valence-corrected chi connectivity index (χ1v) is 10.4. The van der Waals surface area contributed by atoms with E-state index in [9.17, 15) is 9.59 Å². The van der Waals surface area contributed by atoms with Gasteiger partial charge in [0.25, 0.3) is 11.8 Å². The highest BCUT2D eigenvalue weighted by molar-refractivity contribution is 7.22. The summed E-state index contributed by atoms with van der Waals surface area (Å²) >= 11 is 2.53. The minimum atomic E-state index is -0.601. The summed E-state index contributed by atoms with van der Waals surface area (Å²) in [7, 11) is 0. The molecule has 3 aromatic heterocycles. The van der Waals surface area contributed by atoms with Crippen LogP contribution in [0.2, 0.25) is 0 Å². The number of nitrogen functional groups attached to an aromatic ring is 1. The summed E-state index contributed by atoms with van der Waals surface area (Å²) in [5.74, 6) is -0.984. The molecule has 29 heavy (non-hydrogen) atoms. The number of carbonyl (C=O) groups excluding carboxylic acids is 2. The van der Waals surface area contributed by atoms with Crippen molar-refractivity contribution in [3.8, 4) is 10.4 Å². The van der Waals surface area contributed by atoms with Crippen molar-refractivity contribution in [1.82, 2.24) is 4.98 Å². The molecule has 0 aliphatic heterocycles. The van der Waals surface area contributed by atoms with E-state index in [0.717, 1.165) is 31.9 Å². The van der Waals surface area contributed by atoms with Gasteiger partial charge in [0, 0.05) is 16.0 Å². The summed E-state index contributed by atoms with van der Waals surface area (Å²) in [6.07, 6.45) is 0. The van der Waals surface area contributed by atoms with Crippen molar-refractivity contribution in [2.24, 2.45) is 5.73 Å². The fraction of sp³-hybridized carbons (Fsp3) is 0.0952. The maximum atomic E-state index is 13.0. The van der Waals surface area contributed by atoms with Crippen LogP contribution in [0.15, 0.2) is 42.5 Å². The van der Waals surface area contributed by atoms with Gasteiger partial charge in [-0.1, -0.05) is 30.3 Å². The number of hydrogen-bond acceptors (Lipinski definition) is 6. The molecule has 0 atom stereocenters. The van der Waals surface area contributed by atoms with Gasteiger partial charge in [-0.3, -0.25) is 9.59 Å². The molecule has 0 saturated carbocycles. The van der Waals surface area contributed by atoms with Crippen molar-refractivity contribution in [2.75, 3.05) is 11.1 Å². The lowest BCUT2D eigenvalue weighted by atomic mass is 10.1. The Bertz CT molecular complexity index is 1260. The lowest BCUT2D eigenvalue weighted by Gasteiger charge is -2.04. The van der Waals surface area contributed by atoms with Crippen LogP contribution in [-0.2, 0) is 0 Å². The summed E-state index contributed by atoms with van der Waals surface area (Å²) in [5, 5.41) is 4.01. The van der Waals surface area contributed by atoms with E-state index in [-0.39, 0.29) is 11.5 Å². The first-order valence-electron chi connectivity index (χ1n) is 8.81. The Kier molecular flexibility index (Phi) is 4.81. The number of nitrogens with two attached hydrogens (primary N) is 2. The molecule has 4 rings (SSSR count). The van der Waals surface area contributed by atoms with Gasteiger partial charge in [-0.2, -0.15) is 0 Å². The molecular formula is C21H18N4O2S2. The van der Waals surface area contributed by atoms with Crippen molar-refractivity contribution in [3.05, 3.63) is 64.2 Å². The topological polar surface area (TPSA) is 111 Å². The van der Waals surface area contributed by atoms with Gasteiger partial charge in [-0.05, 0) is 37.1 Å². The van der Waals surface area contributed by atoms with Crippen LogP contribution in [0.25, 0.3) is 20.7 Å². The molecule has 0 unspecified atom stereocenters. The zero-order valence-electron chi connectivity index (χ0n) is 15.8. The molecule has 2 amide bonds. The fourth-order valence-corrected chi connectivity index (χ4v) is 5.38. The van der Waals surface area contributed by atoms with Crippen molar-refractivity contribution in [3.63, 3.8) is 0 Å². The second-order valence-corrected chi connectivity index (χ2v) is 8.69. The first kappa shape index (κ1) is 19.1. The maximum absolute atomic E-state index is 13.0. The number of rotatable bonds is 4. The largest absolute Gasteiger partial charge is 0.397 e. The predicted octanol–water partition coefficient (Wildman–Crippen LogP) is 4.58. The Balaban J connectivity index is 1.73. The molecule has 8 heteroatoms. The van der Waals surface area contributed by atoms with Crippen molar-refractivity contribution in [2.45, 2.75) is 13.8 Å². The summed E-state index contributed by atoms with van der Waals surface area (Å²) in [4.78, 5) is 31.3. The molecule has 0 saturated heterocycles. The third-order valence-corrected chi connectivity index (χ3v) is 6.71. The highest BCUT2D eigenvalue weighted by Crippen LogP contribution is 2.38. The smallest absolute Gasteiger partial charge is 0.268 e. The van der Waals surface area contributed by atoms with E-state index in [4.69, 9.17) is 11.5 Å². The number of fused-ring (bicyclic) bond motifs is 1. The van der Waals surface area contributed by atoms with Crippen LogP contribution >= 0.6 is 22.7 Å².